The van der Waals surface area contributed by atoms with Gasteiger partial charge in [0.25, 0.3) is 5.91 Å². The van der Waals surface area contributed by atoms with Crippen molar-refractivity contribution in [2.24, 2.45) is 0 Å². The third kappa shape index (κ3) is 2.70. The number of halogens is 1. The topological polar surface area (TPSA) is 51.5 Å². The molecule has 1 amide bonds. The van der Waals surface area contributed by atoms with Crippen LogP contribution in [0.25, 0.3) is 0 Å². The average molecular weight is 350 g/mol. The number of hydrogen-bond acceptors (Lipinski definition) is 3. The summed E-state index contributed by atoms with van der Waals surface area (Å²) in [4.78, 5) is 12.0. The van der Waals surface area contributed by atoms with E-state index in [1.165, 1.54) is 0 Å². The standard InChI is InChI=1S/C16H16BrNO3/c1-9-7-12(10(2)21-9)15(17)11-3-4-14-13(8-11)16(19)18-5-6-20-14/h3-4,7-8,15H,5-6H2,1-2H3,(H,18,19). The fourth-order valence-corrected chi connectivity index (χ4v) is 3.25. The van der Waals surface area contributed by atoms with E-state index < -0.39 is 0 Å². The van der Waals surface area contributed by atoms with Gasteiger partial charge >= 0.3 is 0 Å². The number of benzene rings is 1. The second-order valence-corrected chi connectivity index (χ2v) is 6.01. The van der Waals surface area contributed by atoms with Crippen molar-refractivity contribution < 1.29 is 13.9 Å². The van der Waals surface area contributed by atoms with Gasteiger partial charge in [-0.05, 0) is 37.6 Å². The number of fused-ring (bicyclic) bond motifs is 1. The zero-order valence-corrected chi connectivity index (χ0v) is 13.5. The van der Waals surface area contributed by atoms with Crippen molar-refractivity contribution in [3.63, 3.8) is 0 Å². The molecule has 110 valence electrons. The van der Waals surface area contributed by atoms with Gasteiger partial charge in [-0.3, -0.25) is 4.79 Å². The number of hydrogen-bond donors (Lipinski definition) is 1. The Hall–Kier alpha value is -1.75. The van der Waals surface area contributed by atoms with Crippen molar-refractivity contribution in [3.05, 3.63) is 52.5 Å². The van der Waals surface area contributed by atoms with Crippen LogP contribution in [0.3, 0.4) is 0 Å². The first kappa shape index (κ1) is 14.2. The van der Waals surface area contributed by atoms with Gasteiger partial charge in [-0.2, -0.15) is 0 Å². The number of carbonyl (C=O) groups excluding carboxylic acids is 1. The van der Waals surface area contributed by atoms with Crippen LogP contribution < -0.4 is 10.1 Å². The van der Waals surface area contributed by atoms with E-state index in [4.69, 9.17) is 9.15 Å². The van der Waals surface area contributed by atoms with E-state index in [0.29, 0.717) is 24.5 Å². The minimum Gasteiger partial charge on any atom is -0.491 e. The summed E-state index contributed by atoms with van der Waals surface area (Å²) in [6.07, 6.45) is 0. The minimum absolute atomic E-state index is 0.0173. The number of furan rings is 1. The maximum absolute atomic E-state index is 12.1. The molecule has 0 saturated heterocycles. The Morgan fingerprint density at radius 1 is 1.29 bits per heavy atom. The Balaban J connectivity index is 2.00. The van der Waals surface area contributed by atoms with Crippen LogP contribution in [0.2, 0.25) is 0 Å². The zero-order valence-electron chi connectivity index (χ0n) is 11.9. The van der Waals surface area contributed by atoms with Gasteiger partial charge in [0.05, 0.1) is 16.9 Å². The normalized spacial score (nSPS) is 15.7. The number of carbonyl (C=O) groups is 1. The van der Waals surface area contributed by atoms with E-state index in [0.717, 1.165) is 22.6 Å². The fourth-order valence-electron chi connectivity index (χ4n) is 2.51. The van der Waals surface area contributed by atoms with E-state index in [1.54, 1.807) is 0 Å². The van der Waals surface area contributed by atoms with Crippen LogP contribution >= 0.6 is 15.9 Å². The van der Waals surface area contributed by atoms with Crippen LogP contribution in [0, 0.1) is 13.8 Å². The third-order valence-electron chi connectivity index (χ3n) is 3.54. The van der Waals surface area contributed by atoms with Gasteiger partial charge in [-0.15, -0.1) is 0 Å². The molecule has 1 aromatic heterocycles. The Bertz CT molecular complexity index is 693. The van der Waals surface area contributed by atoms with Crippen molar-refractivity contribution in [1.29, 1.82) is 0 Å². The van der Waals surface area contributed by atoms with Gasteiger partial charge in [-0.1, -0.05) is 22.0 Å². The van der Waals surface area contributed by atoms with Crippen LogP contribution in [0.1, 0.15) is 37.8 Å². The maximum atomic E-state index is 12.1. The molecular formula is C16H16BrNO3. The second-order valence-electron chi connectivity index (χ2n) is 5.09. The van der Waals surface area contributed by atoms with Crippen LogP contribution in [0.15, 0.2) is 28.7 Å². The molecule has 2 heterocycles. The SMILES string of the molecule is Cc1cc(C(Br)c2ccc3c(c2)C(=O)NCCO3)c(C)o1. The van der Waals surface area contributed by atoms with Gasteiger partial charge < -0.3 is 14.5 Å². The molecule has 1 atom stereocenters. The number of amides is 1. The second kappa shape index (κ2) is 5.56. The highest BCUT2D eigenvalue weighted by molar-refractivity contribution is 9.09. The number of rotatable bonds is 2. The van der Waals surface area contributed by atoms with Gasteiger partial charge in [0.1, 0.15) is 23.9 Å². The van der Waals surface area contributed by atoms with E-state index in [9.17, 15) is 4.79 Å². The van der Waals surface area contributed by atoms with E-state index in [1.807, 2.05) is 38.1 Å². The summed E-state index contributed by atoms with van der Waals surface area (Å²) in [5.74, 6) is 2.30. The van der Waals surface area contributed by atoms with Crippen molar-refractivity contribution in [2.75, 3.05) is 13.2 Å². The lowest BCUT2D eigenvalue weighted by molar-refractivity contribution is 0.0957. The molecule has 0 aliphatic carbocycles. The summed E-state index contributed by atoms with van der Waals surface area (Å²) in [7, 11) is 0. The number of alkyl halides is 1. The van der Waals surface area contributed by atoms with Crippen molar-refractivity contribution in [3.8, 4) is 5.75 Å². The van der Waals surface area contributed by atoms with Crippen LogP contribution in [0.4, 0.5) is 0 Å². The molecule has 3 rings (SSSR count). The van der Waals surface area contributed by atoms with Crippen molar-refractivity contribution in [1.82, 2.24) is 5.32 Å². The molecule has 0 spiro atoms. The summed E-state index contributed by atoms with van der Waals surface area (Å²) in [5, 5.41) is 2.82. The summed E-state index contributed by atoms with van der Waals surface area (Å²) in [5.41, 5.74) is 2.65. The van der Waals surface area contributed by atoms with E-state index in [2.05, 4.69) is 21.2 Å². The summed E-state index contributed by atoms with van der Waals surface area (Å²) < 4.78 is 11.1. The lowest BCUT2D eigenvalue weighted by Crippen LogP contribution is -2.24. The minimum atomic E-state index is -0.0934. The number of aryl methyl sites for hydroxylation is 2. The maximum Gasteiger partial charge on any atom is 0.255 e. The van der Waals surface area contributed by atoms with Gasteiger partial charge in [0, 0.05) is 5.56 Å². The highest BCUT2D eigenvalue weighted by Gasteiger charge is 2.21. The molecule has 5 heteroatoms. The van der Waals surface area contributed by atoms with Crippen LogP contribution in [0.5, 0.6) is 5.75 Å². The molecule has 0 fully saturated rings. The highest BCUT2D eigenvalue weighted by atomic mass is 79.9. The first-order chi connectivity index (χ1) is 10.1. The lowest BCUT2D eigenvalue weighted by atomic mass is 10.0. The molecule has 1 aliphatic rings. The molecule has 1 N–H and O–H groups in total. The predicted molar refractivity (Wildman–Crippen MR) is 83.2 cm³/mol. The summed E-state index contributed by atoms with van der Waals surface area (Å²) >= 11 is 3.69. The Labute approximate surface area is 131 Å². The molecule has 21 heavy (non-hydrogen) atoms. The largest absolute Gasteiger partial charge is 0.491 e. The van der Waals surface area contributed by atoms with E-state index in [-0.39, 0.29) is 10.7 Å². The first-order valence-electron chi connectivity index (χ1n) is 6.82. The fraction of sp³-hybridized carbons (Fsp3) is 0.312. The summed E-state index contributed by atoms with van der Waals surface area (Å²) in [6, 6.07) is 7.71. The Kier molecular flexibility index (Phi) is 3.76. The van der Waals surface area contributed by atoms with Crippen molar-refractivity contribution >= 4 is 21.8 Å². The Morgan fingerprint density at radius 3 is 2.81 bits per heavy atom. The molecule has 0 radical (unpaired) electrons. The van der Waals surface area contributed by atoms with Gasteiger partial charge in [0.15, 0.2) is 0 Å². The highest BCUT2D eigenvalue weighted by Crippen LogP contribution is 2.36. The molecule has 1 unspecified atom stereocenters. The average Bonchev–Trinajstić information content (AvgIpc) is 2.69. The van der Waals surface area contributed by atoms with Gasteiger partial charge in [0.2, 0.25) is 0 Å². The molecular weight excluding hydrogens is 334 g/mol. The van der Waals surface area contributed by atoms with Crippen LogP contribution in [-0.4, -0.2) is 19.1 Å². The lowest BCUT2D eigenvalue weighted by Gasteiger charge is -2.12. The zero-order chi connectivity index (χ0) is 15.0. The number of nitrogens with one attached hydrogen (secondary N) is 1. The molecule has 0 bridgehead atoms. The van der Waals surface area contributed by atoms with Gasteiger partial charge in [-0.25, -0.2) is 0 Å². The van der Waals surface area contributed by atoms with Crippen LogP contribution in [-0.2, 0) is 0 Å². The smallest absolute Gasteiger partial charge is 0.255 e. The van der Waals surface area contributed by atoms with E-state index >= 15 is 0 Å². The third-order valence-corrected chi connectivity index (χ3v) is 4.56. The predicted octanol–water partition coefficient (Wildman–Crippen LogP) is 3.50. The monoisotopic (exact) mass is 349 g/mol. The van der Waals surface area contributed by atoms with Crippen molar-refractivity contribution in [2.45, 2.75) is 18.7 Å². The molecule has 1 aromatic carbocycles. The summed E-state index contributed by atoms with van der Waals surface area (Å²) in [6.45, 7) is 4.89. The molecule has 1 aliphatic heterocycles. The Morgan fingerprint density at radius 2 is 2.10 bits per heavy atom. The molecule has 4 nitrogen and oxygen atoms in total. The quantitative estimate of drug-likeness (QED) is 0.844. The first-order valence-corrected chi connectivity index (χ1v) is 7.74. The number of ether oxygens (including phenoxy) is 1. The molecule has 2 aromatic rings. The molecule has 0 saturated carbocycles.